The molecule has 1 aromatic carbocycles. The van der Waals surface area contributed by atoms with Gasteiger partial charge in [0.05, 0.1) is 13.3 Å². The number of aromatic nitrogens is 3. The molecule has 0 unspecified atom stereocenters. The number of hydrogen-bond acceptors (Lipinski definition) is 7. The lowest BCUT2D eigenvalue weighted by Gasteiger charge is -2.24. The van der Waals surface area contributed by atoms with Gasteiger partial charge in [0.2, 0.25) is 5.91 Å². The number of nitrogens with zero attached hydrogens (tertiary/aromatic N) is 3. The topological polar surface area (TPSA) is 124 Å². The Balaban J connectivity index is 1.59. The van der Waals surface area contributed by atoms with Crippen LogP contribution in [0, 0.1) is 37.5 Å². The van der Waals surface area contributed by atoms with Crippen LogP contribution in [0.1, 0.15) is 25.1 Å². The maximum atomic E-state index is 13.0. The zero-order valence-electron chi connectivity index (χ0n) is 20.0. The Labute approximate surface area is 205 Å². The molecule has 185 valence electrons. The van der Waals surface area contributed by atoms with Gasteiger partial charge in [-0.15, -0.1) is 5.10 Å². The highest BCUT2D eigenvalue weighted by molar-refractivity contribution is 5.90. The first-order valence-corrected chi connectivity index (χ1v) is 11.3. The first-order valence-electron chi connectivity index (χ1n) is 11.3. The summed E-state index contributed by atoms with van der Waals surface area (Å²) >= 11 is 0. The van der Waals surface area contributed by atoms with Crippen LogP contribution in [0.4, 0.5) is 4.79 Å². The smallest absolute Gasteiger partial charge is 0.408 e. The summed E-state index contributed by atoms with van der Waals surface area (Å²) in [5, 5.41) is 13.3. The van der Waals surface area contributed by atoms with E-state index in [1.165, 1.54) is 7.11 Å². The summed E-state index contributed by atoms with van der Waals surface area (Å²) in [6.45, 7) is 4.04. The lowest BCUT2D eigenvalue weighted by molar-refractivity contribution is -0.146. The zero-order valence-corrected chi connectivity index (χ0v) is 20.0. The molecule has 1 fully saturated rings. The average molecular weight is 481 g/mol. The fourth-order valence-electron chi connectivity index (χ4n) is 3.45. The summed E-state index contributed by atoms with van der Waals surface area (Å²) in [5.41, 5.74) is 1.31. The third kappa shape index (κ3) is 8.08. The lowest BCUT2D eigenvalue weighted by atomic mass is 10.0. The molecule has 0 saturated heterocycles. The van der Waals surface area contributed by atoms with E-state index in [0.717, 1.165) is 11.5 Å². The standard InChI is InChI=1S/C25H30N5O5/c1-17(2)22(24(32)34-3)27-23(31)21(13-18-9-5-4-6-10-18)26-25(33)35-16-20-15-30(29-28-20)14-19-11-7-8-12-19/h4-12,15,17,21-22H,13-14,16H2,1-3H3,(H,26,33)(H,27,31)/t21-,22-/m0/s1. The molecule has 1 saturated carbocycles. The molecule has 10 heteroatoms. The van der Waals surface area contributed by atoms with Gasteiger partial charge < -0.3 is 20.1 Å². The highest BCUT2D eigenvalue weighted by atomic mass is 16.5. The number of rotatable bonds is 11. The van der Waals surface area contributed by atoms with Crippen LogP contribution in [0.15, 0.2) is 36.5 Å². The molecule has 2 amide bonds. The Morgan fingerprint density at radius 1 is 1.06 bits per heavy atom. The van der Waals surface area contributed by atoms with Crippen molar-refractivity contribution in [3.8, 4) is 0 Å². The fourth-order valence-corrected chi connectivity index (χ4v) is 3.45. The van der Waals surface area contributed by atoms with Crippen molar-refractivity contribution in [2.24, 2.45) is 5.92 Å². The van der Waals surface area contributed by atoms with Crippen LogP contribution in [-0.2, 0) is 38.6 Å². The van der Waals surface area contributed by atoms with Gasteiger partial charge in [0.15, 0.2) is 0 Å². The summed E-state index contributed by atoms with van der Waals surface area (Å²) in [6, 6.07) is 7.42. The molecule has 3 rings (SSSR count). The van der Waals surface area contributed by atoms with E-state index < -0.39 is 30.1 Å². The molecule has 5 radical (unpaired) electrons. The molecule has 1 aromatic heterocycles. The number of alkyl carbamates (subject to hydrolysis) is 1. The van der Waals surface area contributed by atoms with E-state index in [2.05, 4.69) is 20.9 Å². The molecule has 0 spiro atoms. The average Bonchev–Trinajstić information content (AvgIpc) is 3.53. The summed E-state index contributed by atoms with van der Waals surface area (Å²) < 4.78 is 11.7. The number of esters is 1. The van der Waals surface area contributed by atoms with E-state index in [-0.39, 0.29) is 18.9 Å². The molecular formula is C25H30N5O5. The Morgan fingerprint density at radius 3 is 2.43 bits per heavy atom. The van der Waals surface area contributed by atoms with Crippen molar-refractivity contribution < 1.29 is 23.9 Å². The minimum atomic E-state index is -0.969. The molecule has 35 heavy (non-hydrogen) atoms. The van der Waals surface area contributed by atoms with Crippen molar-refractivity contribution in [3.63, 3.8) is 0 Å². The number of methoxy groups -OCH3 is 1. The molecule has 2 N–H and O–H groups in total. The number of ether oxygens (including phenoxy) is 2. The quantitative estimate of drug-likeness (QED) is 0.470. The minimum absolute atomic E-state index is 0.108. The van der Waals surface area contributed by atoms with E-state index in [4.69, 9.17) is 9.47 Å². The fraction of sp³-hybridized carbons (Fsp3) is 0.360. The minimum Gasteiger partial charge on any atom is -0.467 e. The Bertz CT molecular complexity index is 972. The normalized spacial score (nSPS) is 15.4. The van der Waals surface area contributed by atoms with E-state index in [1.807, 2.05) is 56.0 Å². The van der Waals surface area contributed by atoms with Crippen LogP contribution < -0.4 is 10.6 Å². The van der Waals surface area contributed by atoms with Gasteiger partial charge in [0.1, 0.15) is 24.4 Å². The Morgan fingerprint density at radius 2 is 1.77 bits per heavy atom. The van der Waals surface area contributed by atoms with Gasteiger partial charge in [0, 0.05) is 18.9 Å². The monoisotopic (exact) mass is 480 g/mol. The van der Waals surface area contributed by atoms with Gasteiger partial charge in [-0.2, -0.15) is 0 Å². The van der Waals surface area contributed by atoms with Crippen molar-refractivity contribution >= 4 is 18.0 Å². The predicted octanol–water partition coefficient (Wildman–Crippen LogP) is 1.83. The molecule has 1 aliphatic carbocycles. The molecule has 0 aliphatic heterocycles. The second kappa shape index (κ2) is 12.9. The Hall–Kier alpha value is -3.43. The lowest BCUT2D eigenvalue weighted by Crippen LogP contribution is -2.54. The SMILES string of the molecule is COC(=O)[C@@H](NC(=O)[C@H](Cc1ccccc1)NC(=O)OCc1cn(C[C]2[CH][CH][CH][CH]2)nn1)C(C)C. The highest BCUT2D eigenvalue weighted by Gasteiger charge is 2.30. The molecule has 2 aromatic rings. The van der Waals surface area contributed by atoms with Crippen molar-refractivity contribution in [1.29, 1.82) is 0 Å². The number of amides is 2. The van der Waals surface area contributed by atoms with Gasteiger partial charge in [0.25, 0.3) is 0 Å². The van der Waals surface area contributed by atoms with Crippen LogP contribution in [0.25, 0.3) is 0 Å². The van der Waals surface area contributed by atoms with Crippen LogP contribution >= 0.6 is 0 Å². The van der Waals surface area contributed by atoms with Crippen molar-refractivity contribution in [2.45, 2.75) is 45.5 Å². The highest BCUT2D eigenvalue weighted by Crippen LogP contribution is 2.24. The number of hydrogen-bond donors (Lipinski definition) is 2. The Kier molecular flexibility index (Phi) is 9.63. The predicted molar refractivity (Wildman–Crippen MR) is 127 cm³/mol. The van der Waals surface area contributed by atoms with E-state index in [9.17, 15) is 14.4 Å². The van der Waals surface area contributed by atoms with E-state index >= 15 is 0 Å². The largest absolute Gasteiger partial charge is 0.467 e. The van der Waals surface area contributed by atoms with Gasteiger partial charge in [-0.25, -0.2) is 9.59 Å². The van der Waals surface area contributed by atoms with Crippen LogP contribution in [0.5, 0.6) is 0 Å². The molecule has 10 nitrogen and oxygen atoms in total. The molecule has 1 heterocycles. The van der Waals surface area contributed by atoms with Crippen molar-refractivity contribution in [2.75, 3.05) is 7.11 Å². The third-order valence-electron chi connectivity index (χ3n) is 5.32. The van der Waals surface area contributed by atoms with Crippen LogP contribution in [0.2, 0.25) is 0 Å². The molecular weight excluding hydrogens is 450 g/mol. The molecule has 2 atom stereocenters. The number of benzene rings is 1. The van der Waals surface area contributed by atoms with Gasteiger partial charge in [-0.05, 0) is 37.2 Å². The summed E-state index contributed by atoms with van der Waals surface area (Å²) in [7, 11) is 1.26. The zero-order chi connectivity index (χ0) is 25.2. The summed E-state index contributed by atoms with van der Waals surface area (Å²) in [6.07, 6.45) is 8.96. The van der Waals surface area contributed by atoms with Crippen molar-refractivity contribution in [3.05, 3.63) is 79.4 Å². The molecule has 1 aliphatic rings. The summed E-state index contributed by atoms with van der Waals surface area (Å²) in [5.74, 6) is -0.192. The second-order valence-electron chi connectivity index (χ2n) is 8.42. The maximum Gasteiger partial charge on any atom is 0.408 e. The first kappa shape index (κ1) is 26.2. The number of nitrogens with one attached hydrogen (secondary N) is 2. The molecule has 0 bridgehead atoms. The number of carbonyl (C=O) groups excluding carboxylic acids is 3. The van der Waals surface area contributed by atoms with Gasteiger partial charge >= 0.3 is 12.1 Å². The third-order valence-corrected chi connectivity index (χ3v) is 5.32. The first-order chi connectivity index (χ1) is 16.9. The van der Waals surface area contributed by atoms with E-state index in [0.29, 0.717) is 12.2 Å². The van der Waals surface area contributed by atoms with Gasteiger partial charge in [-0.3, -0.25) is 9.48 Å². The van der Waals surface area contributed by atoms with E-state index in [1.54, 1.807) is 24.7 Å². The maximum absolute atomic E-state index is 13.0. The summed E-state index contributed by atoms with van der Waals surface area (Å²) in [4.78, 5) is 37.7. The van der Waals surface area contributed by atoms with Crippen molar-refractivity contribution in [1.82, 2.24) is 25.6 Å². The van der Waals surface area contributed by atoms with Gasteiger partial charge in [-0.1, -0.05) is 49.4 Å². The van der Waals surface area contributed by atoms with Crippen LogP contribution in [-0.4, -0.2) is 52.2 Å². The van der Waals surface area contributed by atoms with Crippen LogP contribution in [0.3, 0.4) is 0 Å². The second-order valence-corrected chi connectivity index (χ2v) is 8.42. The number of carbonyl (C=O) groups is 3.